The molecular formula is C7H11NO2. The van der Waals surface area contributed by atoms with Gasteiger partial charge in [0.25, 0.3) is 0 Å². The van der Waals surface area contributed by atoms with Crippen molar-refractivity contribution in [1.82, 2.24) is 5.32 Å². The molecule has 0 radical (unpaired) electrons. The summed E-state index contributed by atoms with van der Waals surface area (Å²) in [6.07, 6.45) is 1.91. The van der Waals surface area contributed by atoms with Crippen LogP contribution < -0.4 is 5.32 Å². The molecule has 0 aromatic rings. The lowest BCUT2D eigenvalue weighted by Crippen LogP contribution is -2.41. The number of ether oxygens (including phenoxy) is 1. The topological polar surface area (TPSA) is 38.3 Å². The van der Waals surface area contributed by atoms with Crippen LogP contribution in [-0.4, -0.2) is 18.6 Å². The molecule has 3 heteroatoms. The molecule has 1 heterocycles. The summed E-state index contributed by atoms with van der Waals surface area (Å²) in [7, 11) is 0. The van der Waals surface area contributed by atoms with Gasteiger partial charge < -0.3 is 10.1 Å². The molecule has 0 aromatic carbocycles. The number of carbonyl (C=O) groups is 1. The normalized spacial score (nSPS) is 29.6. The Morgan fingerprint density at radius 2 is 2.50 bits per heavy atom. The van der Waals surface area contributed by atoms with Gasteiger partial charge in [-0.25, -0.2) is 4.79 Å². The van der Waals surface area contributed by atoms with E-state index in [1.54, 1.807) is 6.92 Å². The Morgan fingerprint density at radius 1 is 1.80 bits per heavy atom. The van der Waals surface area contributed by atoms with Crippen LogP contribution in [0.15, 0.2) is 11.8 Å². The molecule has 3 nitrogen and oxygen atoms in total. The first-order valence-electron chi connectivity index (χ1n) is 3.32. The maximum Gasteiger partial charge on any atom is 0.328 e. The number of nitrogens with one attached hydrogen (secondary N) is 1. The van der Waals surface area contributed by atoms with Crippen LogP contribution >= 0.6 is 0 Å². The minimum atomic E-state index is -0.194. The van der Waals surface area contributed by atoms with Gasteiger partial charge in [-0.1, -0.05) is 6.08 Å². The van der Waals surface area contributed by atoms with Gasteiger partial charge in [-0.15, -0.1) is 0 Å². The quantitative estimate of drug-likeness (QED) is 0.497. The van der Waals surface area contributed by atoms with Gasteiger partial charge in [0, 0.05) is 5.70 Å². The van der Waals surface area contributed by atoms with E-state index in [1.165, 1.54) is 0 Å². The number of allylic oxidation sites excluding steroid dienone is 1. The first kappa shape index (κ1) is 7.12. The lowest BCUT2D eigenvalue weighted by Gasteiger charge is -2.22. The first-order valence-corrected chi connectivity index (χ1v) is 3.32. The van der Waals surface area contributed by atoms with E-state index in [1.807, 2.05) is 13.0 Å². The Hall–Kier alpha value is -0.990. The highest BCUT2D eigenvalue weighted by atomic mass is 16.5. The molecule has 0 saturated carbocycles. The number of rotatable bonds is 0. The summed E-state index contributed by atoms with van der Waals surface area (Å²) in [6, 6.07) is -0.194. The van der Waals surface area contributed by atoms with Gasteiger partial charge in [-0.2, -0.15) is 0 Å². The van der Waals surface area contributed by atoms with Crippen LogP contribution in [0.2, 0.25) is 0 Å². The minimum Gasteiger partial charge on any atom is -0.458 e. The third kappa shape index (κ3) is 1.29. The SMILES string of the molecule is C/C=C1\COC(=O)[C@H](C)N1. The van der Waals surface area contributed by atoms with E-state index in [9.17, 15) is 4.79 Å². The van der Waals surface area contributed by atoms with E-state index in [2.05, 4.69) is 5.32 Å². The molecule has 1 fully saturated rings. The number of hydrogen-bond acceptors (Lipinski definition) is 3. The average Bonchev–Trinajstić information content (AvgIpc) is 1.95. The minimum absolute atomic E-state index is 0.175. The second-order valence-corrected chi connectivity index (χ2v) is 2.29. The van der Waals surface area contributed by atoms with Crippen molar-refractivity contribution in [2.45, 2.75) is 19.9 Å². The van der Waals surface area contributed by atoms with E-state index in [-0.39, 0.29) is 12.0 Å². The molecule has 0 aliphatic carbocycles. The molecular weight excluding hydrogens is 130 g/mol. The summed E-state index contributed by atoms with van der Waals surface area (Å²) in [5, 5.41) is 3.00. The van der Waals surface area contributed by atoms with E-state index in [4.69, 9.17) is 4.74 Å². The van der Waals surface area contributed by atoms with Crippen molar-refractivity contribution in [3.8, 4) is 0 Å². The molecule has 1 aliphatic heterocycles. The van der Waals surface area contributed by atoms with E-state index in [0.717, 1.165) is 5.70 Å². The number of morpholine rings is 1. The van der Waals surface area contributed by atoms with Gasteiger partial charge in [0.05, 0.1) is 0 Å². The lowest BCUT2D eigenvalue weighted by atomic mass is 10.2. The van der Waals surface area contributed by atoms with Crippen LogP contribution in [0.1, 0.15) is 13.8 Å². The first-order chi connectivity index (χ1) is 4.74. The van der Waals surface area contributed by atoms with Gasteiger partial charge in [0.2, 0.25) is 0 Å². The van der Waals surface area contributed by atoms with Crippen LogP contribution in [-0.2, 0) is 9.53 Å². The zero-order chi connectivity index (χ0) is 7.56. The highest BCUT2D eigenvalue weighted by Crippen LogP contribution is 2.02. The zero-order valence-corrected chi connectivity index (χ0v) is 6.18. The van der Waals surface area contributed by atoms with Crippen molar-refractivity contribution in [2.75, 3.05) is 6.61 Å². The van der Waals surface area contributed by atoms with Crippen molar-refractivity contribution in [3.63, 3.8) is 0 Å². The smallest absolute Gasteiger partial charge is 0.328 e. The Bertz CT molecular complexity index is 174. The molecule has 0 unspecified atom stereocenters. The zero-order valence-electron chi connectivity index (χ0n) is 6.18. The van der Waals surface area contributed by atoms with Crippen molar-refractivity contribution >= 4 is 5.97 Å². The van der Waals surface area contributed by atoms with Crippen LogP contribution in [0.4, 0.5) is 0 Å². The van der Waals surface area contributed by atoms with Crippen molar-refractivity contribution in [3.05, 3.63) is 11.8 Å². The number of esters is 1. The molecule has 1 atom stereocenters. The highest BCUT2D eigenvalue weighted by molar-refractivity contribution is 5.76. The fraction of sp³-hybridized carbons (Fsp3) is 0.571. The van der Waals surface area contributed by atoms with Gasteiger partial charge in [0.15, 0.2) is 0 Å². The summed E-state index contributed by atoms with van der Waals surface area (Å²) in [4.78, 5) is 10.7. The largest absolute Gasteiger partial charge is 0.458 e. The molecule has 10 heavy (non-hydrogen) atoms. The number of carbonyl (C=O) groups excluding carboxylic acids is 1. The maximum atomic E-state index is 10.7. The molecule has 0 spiro atoms. The lowest BCUT2D eigenvalue weighted by molar-refractivity contribution is -0.147. The fourth-order valence-electron chi connectivity index (χ4n) is 0.819. The second-order valence-electron chi connectivity index (χ2n) is 2.29. The van der Waals surface area contributed by atoms with Crippen molar-refractivity contribution in [1.29, 1.82) is 0 Å². The summed E-state index contributed by atoms with van der Waals surface area (Å²) in [5.74, 6) is -0.175. The summed E-state index contributed by atoms with van der Waals surface area (Å²) >= 11 is 0. The van der Waals surface area contributed by atoms with Crippen LogP contribution in [0, 0.1) is 0 Å². The highest BCUT2D eigenvalue weighted by Gasteiger charge is 2.20. The predicted molar refractivity (Wildman–Crippen MR) is 37.3 cm³/mol. The number of hydrogen-bond donors (Lipinski definition) is 1. The molecule has 0 aromatic heterocycles. The number of cyclic esters (lactones) is 1. The van der Waals surface area contributed by atoms with Gasteiger partial charge in [-0.05, 0) is 13.8 Å². The molecule has 0 amide bonds. The van der Waals surface area contributed by atoms with Crippen molar-refractivity contribution < 1.29 is 9.53 Å². The molecule has 1 saturated heterocycles. The maximum absolute atomic E-state index is 10.7. The fourth-order valence-corrected chi connectivity index (χ4v) is 0.819. The van der Waals surface area contributed by atoms with Crippen LogP contribution in [0.5, 0.6) is 0 Å². The molecule has 1 N–H and O–H groups in total. The summed E-state index contributed by atoms with van der Waals surface area (Å²) in [6.45, 7) is 4.08. The molecule has 56 valence electrons. The predicted octanol–water partition coefficient (Wildman–Crippen LogP) is 0.425. The Balaban J connectivity index is 2.57. The van der Waals surface area contributed by atoms with Gasteiger partial charge in [0.1, 0.15) is 12.6 Å². The van der Waals surface area contributed by atoms with E-state index < -0.39 is 0 Å². The van der Waals surface area contributed by atoms with Gasteiger partial charge in [-0.3, -0.25) is 0 Å². The second kappa shape index (κ2) is 2.73. The van der Waals surface area contributed by atoms with Crippen LogP contribution in [0.25, 0.3) is 0 Å². The third-order valence-corrected chi connectivity index (χ3v) is 1.47. The Labute approximate surface area is 60.1 Å². The molecule has 0 bridgehead atoms. The van der Waals surface area contributed by atoms with Gasteiger partial charge >= 0.3 is 5.97 Å². The third-order valence-electron chi connectivity index (χ3n) is 1.47. The molecule has 1 aliphatic rings. The Morgan fingerprint density at radius 3 is 3.00 bits per heavy atom. The van der Waals surface area contributed by atoms with Crippen LogP contribution in [0.3, 0.4) is 0 Å². The van der Waals surface area contributed by atoms with E-state index >= 15 is 0 Å². The van der Waals surface area contributed by atoms with Crippen molar-refractivity contribution in [2.24, 2.45) is 0 Å². The van der Waals surface area contributed by atoms with E-state index in [0.29, 0.717) is 6.61 Å². The standard InChI is InChI=1S/C7H11NO2/c1-3-6-4-10-7(9)5(2)8-6/h3,5,8H,4H2,1-2H3/b6-3+/t5-/m0/s1. The summed E-state index contributed by atoms with van der Waals surface area (Å²) < 4.78 is 4.82. The average molecular weight is 141 g/mol. The monoisotopic (exact) mass is 141 g/mol. The molecule has 1 rings (SSSR count). The summed E-state index contributed by atoms with van der Waals surface area (Å²) in [5.41, 5.74) is 0.979. The Kier molecular flexibility index (Phi) is 1.94.